The fourth-order valence-electron chi connectivity index (χ4n) is 4.40. The molecule has 1 amide bonds. The summed E-state index contributed by atoms with van der Waals surface area (Å²) in [4.78, 5) is 39.2. The van der Waals surface area contributed by atoms with E-state index in [0.29, 0.717) is 39.6 Å². The molecule has 13 heteroatoms. The van der Waals surface area contributed by atoms with Crippen LogP contribution in [0.3, 0.4) is 0 Å². The minimum atomic E-state index is -2.27. The van der Waals surface area contributed by atoms with Crippen LogP contribution in [0.4, 0.5) is 5.69 Å². The molecule has 1 aromatic carbocycles. The Kier molecular flexibility index (Phi) is 11.9. The van der Waals surface area contributed by atoms with E-state index in [1.807, 2.05) is 6.07 Å². The quantitative estimate of drug-likeness (QED) is 0.227. The zero-order valence-electron chi connectivity index (χ0n) is 22.3. The van der Waals surface area contributed by atoms with Gasteiger partial charge in [0.25, 0.3) is 5.91 Å². The van der Waals surface area contributed by atoms with E-state index in [-0.39, 0.29) is 11.3 Å². The van der Waals surface area contributed by atoms with Crippen molar-refractivity contribution in [1.29, 1.82) is 0 Å². The number of amides is 1. The first kappa shape index (κ1) is 32.2. The van der Waals surface area contributed by atoms with Crippen LogP contribution in [0, 0.1) is 11.3 Å². The summed E-state index contributed by atoms with van der Waals surface area (Å²) in [5.41, 5.74) is 7.70. The zero-order chi connectivity index (χ0) is 29.3. The maximum Gasteiger partial charge on any atom is 0.335 e. The second-order valence-corrected chi connectivity index (χ2v) is 10.7. The molecule has 0 bridgehead atoms. The van der Waals surface area contributed by atoms with Crippen molar-refractivity contribution in [2.24, 2.45) is 11.3 Å². The number of carbonyl (C=O) groups is 3. The number of likely N-dealkylation sites (tertiary alicyclic amines) is 1. The molecular weight excluding hydrogens is 532 g/mol. The predicted octanol–water partition coefficient (Wildman–Crippen LogP) is 1.46. The van der Waals surface area contributed by atoms with Gasteiger partial charge in [-0.25, -0.2) is 9.59 Å². The Morgan fingerprint density at radius 1 is 1.21 bits per heavy atom. The minimum absolute atomic E-state index is 0.151. The first-order valence-electron chi connectivity index (χ1n) is 12.4. The van der Waals surface area contributed by atoms with E-state index in [2.05, 4.69) is 29.0 Å². The molecule has 1 fully saturated rings. The van der Waals surface area contributed by atoms with E-state index in [9.17, 15) is 14.4 Å². The number of carbonyl (C=O) groups excluding carboxylic acids is 1. The van der Waals surface area contributed by atoms with Crippen LogP contribution < -0.4 is 11.1 Å². The number of hydrogen-bond donors (Lipinski definition) is 6. The number of methoxy groups -OCH3 is 1. The number of aliphatic hydroxyl groups excluding tert-OH is 2. The SMILES string of the molecule is COCC(C)(C)CN1CCC(CNC(=O)c2cc(Cl)c(N)c3cccnc23)CC1.O=C(O)C(O)C(O)C(=O)O. The average molecular weight is 569 g/mol. The fraction of sp³-hybridized carbons (Fsp3) is 0.538. The van der Waals surface area contributed by atoms with Crippen molar-refractivity contribution >= 4 is 46.0 Å². The highest BCUT2D eigenvalue weighted by molar-refractivity contribution is 6.35. The molecule has 7 N–H and O–H groups in total. The maximum atomic E-state index is 12.8. The molecule has 0 spiro atoms. The van der Waals surface area contributed by atoms with Crippen molar-refractivity contribution in [2.45, 2.75) is 38.9 Å². The summed E-state index contributed by atoms with van der Waals surface area (Å²) in [6.45, 7) is 9.01. The summed E-state index contributed by atoms with van der Waals surface area (Å²) >= 11 is 6.23. The number of nitrogen functional groups attached to an aromatic ring is 1. The summed E-state index contributed by atoms with van der Waals surface area (Å²) < 4.78 is 5.33. The molecule has 1 saturated heterocycles. The second-order valence-electron chi connectivity index (χ2n) is 10.3. The number of nitrogens with two attached hydrogens (primary N) is 1. The number of piperidine rings is 1. The summed E-state index contributed by atoms with van der Waals surface area (Å²) in [5.74, 6) is -3.21. The number of nitrogens with zero attached hydrogens (tertiary/aromatic N) is 2. The Morgan fingerprint density at radius 2 is 1.79 bits per heavy atom. The van der Waals surface area contributed by atoms with Crippen LogP contribution in [0.25, 0.3) is 10.9 Å². The lowest BCUT2D eigenvalue weighted by Crippen LogP contribution is -2.43. The van der Waals surface area contributed by atoms with Gasteiger partial charge in [0.05, 0.1) is 28.4 Å². The van der Waals surface area contributed by atoms with Crippen molar-refractivity contribution in [3.63, 3.8) is 0 Å². The third-order valence-electron chi connectivity index (χ3n) is 6.38. The third kappa shape index (κ3) is 9.29. The van der Waals surface area contributed by atoms with E-state index in [1.54, 1.807) is 25.4 Å². The van der Waals surface area contributed by atoms with Crippen molar-refractivity contribution in [1.82, 2.24) is 15.2 Å². The van der Waals surface area contributed by atoms with Crippen molar-refractivity contribution < 1.29 is 39.5 Å². The number of ether oxygens (including phenoxy) is 1. The molecule has 1 aromatic heterocycles. The third-order valence-corrected chi connectivity index (χ3v) is 6.69. The van der Waals surface area contributed by atoms with Crippen molar-refractivity contribution in [3.05, 3.63) is 35.0 Å². The molecule has 2 aromatic rings. The number of pyridine rings is 1. The summed E-state index contributed by atoms with van der Waals surface area (Å²) in [7, 11) is 1.75. The highest BCUT2D eigenvalue weighted by Gasteiger charge is 2.29. The number of benzene rings is 1. The van der Waals surface area contributed by atoms with Crippen LogP contribution in [0.15, 0.2) is 24.4 Å². The number of aromatic nitrogens is 1. The molecule has 0 radical (unpaired) electrons. The monoisotopic (exact) mass is 568 g/mol. The molecule has 2 heterocycles. The lowest BCUT2D eigenvalue weighted by atomic mass is 9.91. The zero-order valence-corrected chi connectivity index (χ0v) is 23.0. The van der Waals surface area contributed by atoms with Gasteiger partial charge in [-0.05, 0) is 50.0 Å². The Bertz CT molecular complexity index is 1140. The van der Waals surface area contributed by atoms with Gasteiger partial charge < -0.3 is 41.1 Å². The molecular formula is C26H37ClN4O8. The first-order valence-corrected chi connectivity index (χ1v) is 12.8. The first-order chi connectivity index (χ1) is 18.3. The molecule has 0 saturated carbocycles. The van der Waals surface area contributed by atoms with E-state index >= 15 is 0 Å². The normalized spacial score (nSPS) is 16.2. The molecule has 0 aliphatic carbocycles. The Labute approximate surface area is 231 Å². The number of hydrogen-bond acceptors (Lipinski definition) is 9. The summed E-state index contributed by atoms with van der Waals surface area (Å²) in [6.07, 6.45) is -0.724. The van der Waals surface area contributed by atoms with Gasteiger partial charge in [0.15, 0.2) is 12.2 Å². The molecule has 1 aliphatic rings. The molecule has 12 nitrogen and oxygen atoms in total. The van der Waals surface area contributed by atoms with Crippen LogP contribution in [-0.4, -0.2) is 100 Å². The van der Waals surface area contributed by atoms with Gasteiger partial charge in [-0.2, -0.15) is 0 Å². The number of carboxylic acids is 2. The molecule has 216 valence electrons. The van der Waals surface area contributed by atoms with Gasteiger partial charge >= 0.3 is 11.9 Å². The number of rotatable bonds is 10. The molecule has 2 atom stereocenters. The number of fused-ring (bicyclic) bond motifs is 1. The minimum Gasteiger partial charge on any atom is -0.479 e. The highest BCUT2D eigenvalue weighted by Crippen LogP contribution is 2.30. The number of halogens is 1. The van der Waals surface area contributed by atoms with Crippen LogP contribution in [0.2, 0.25) is 5.02 Å². The van der Waals surface area contributed by atoms with Crippen LogP contribution in [-0.2, 0) is 14.3 Å². The highest BCUT2D eigenvalue weighted by atomic mass is 35.5. The van der Waals surface area contributed by atoms with Crippen molar-refractivity contribution in [2.75, 3.05) is 45.6 Å². The molecule has 1 aliphatic heterocycles. The van der Waals surface area contributed by atoms with Crippen LogP contribution >= 0.6 is 11.6 Å². The Hall–Kier alpha value is -3.03. The number of aliphatic hydroxyl groups is 2. The predicted molar refractivity (Wildman–Crippen MR) is 146 cm³/mol. The number of anilines is 1. The number of aliphatic carboxylic acids is 2. The second kappa shape index (κ2) is 14.4. The van der Waals surface area contributed by atoms with Crippen LogP contribution in [0.5, 0.6) is 0 Å². The molecule has 39 heavy (non-hydrogen) atoms. The van der Waals surface area contributed by atoms with E-state index in [4.69, 9.17) is 42.5 Å². The largest absolute Gasteiger partial charge is 0.479 e. The fourth-order valence-corrected chi connectivity index (χ4v) is 4.62. The van der Waals surface area contributed by atoms with Gasteiger partial charge in [-0.1, -0.05) is 25.4 Å². The number of carboxylic acid groups (broad SMARTS) is 2. The van der Waals surface area contributed by atoms with Gasteiger partial charge in [-0.3, -0.25) is 9.78 Å². The van der Waals surface area contributed by atoms with Gasteiger partial charge in [0.1, 0.15) is 0 Å². The molecule has 2 unspecified atom stereocenters. The van der Waals surface area contributed by atoms with Gasteiger partial charge in [0, 0.05) is 37.2 Å². The Balaban J connectivity index is 0.000000455. The van der Waals surface area contributed by atoms with Gasteiger partial charge in [-0.15, -0.1) is 0 Å². The molecule has 3 rings (SSSR count). The Morgan fingerprint density at radius 3 is 2.33 bits per heavy atom. The lowest BCUT2D eigenvalue weighted by molar-refractivity contribution is -0.165. The van der Waals surface area contributed by atoms with Crippen molar-refractivity contribution in [3.8, 4) is 0 Å². The lowest BCUT2D eigenvalue weighted by Gasteiger charge is -2.37. The summed E-state index contributed by atoms with van der Waals surface area (Å²) in [6, 6.07) is 5.24. The van der Waals surface area contributed by atoms with Gasteiger partial charge in [0.2, 0.25) is 0 Å². The number of nitrogens with one attached hydrogen (secondary N) is 1. The summed E-state index contributed by atoms with van der Waals surface area (Å²) in [5, 5.41) is 36.7. The van der Waals surface area contributed by atoms with Crippen LogP contribution in [0.1, 0.15) is 37.0 Å². The van der Waals surface area contributed by atoms with E-state index < -0.39 is 24.1 Å². The average Bonchev–Trinajstić information content (AvgIpc) is 2.89. The standard InChI is InChI=1S/C22H31ClN4O2.C4H6O6/c1-22(2,14-29-3)13-27-9-6-15(7-10-27)12-26-21(28)17-11-18(23)19(24)16-5-4-8-25-20(16)17;5-1(3(7)8)2(6)4(9)10/h4-5,8,11,15H,6-7,9-10,12-14,24H2,1-3H3,(H,26,28);1-2,5-6H,(H,7,8)(H,9,10). The van der Waals surface area contributed by atoms with E-state index in [0.717, 1.165) is 39.1 Å². The smallest absolute Gasteiger partial charge is 0.335 e. The van der Waals surface area contributed by atoms with E-state index in [1.165, 1.54) is 0 Å². The maximum absolute atomic E-state index is 12.8. The topological polar surface area (TPSA) is 196 Å².